The van der Waals surface area contributed by atoms with Gasteiger partial charge in [0.1, 0.15) is 17.9 Å². The third-order valence-corrected chi connectivity index (χ3v) is 5.32. The van der Waals surface area contributed by atoms with Crippen LogP contribution in [-0.4, -0.2) is 57.7 Å². The van der Waals surface area contributed by atoms with Gasteiger partial charge in [-0.25, -0.2) is 4.98 Å². The van der Waals surface area contributed by atoms with Crippen LogP contribution in [0.3, 0.4) is 0 Å². The van der Waals surface area contributed by atoms with Gasteiger partial charge in [-0.1, -0.05) is 24.3 Å². The molecule has 1 aliphatic heterocycles. The van der Waals surface area contributed by atoms with Crippen molar-refractivity contribution in [3.05, 3.63) is 59.5 Å². The van der Waals surface area contributed by atoms with Crippen molar-refractivity contribution in [2.75, 3.05) is 19.6 Å². The SMILES string of the molecule is O=C(NCC(F)(F)F)c1cc(C2CCN(C(=O)c3ccc4ccccc4n3)CC2)[nH]n1. The van der Waals surface area contributed by atoms with Gasteiger partial charge in [-0.05, 0) is 31.0 Å². The Kier molecular flexibility index (Phi) is 5.62. The highest BCUT2D eigenvalue weighted by atomic mass is 19.4. The lowest BCUT2D eigenvalue weighted by Gasteiger charge is -2.31. The second kappa shape index (κ2) is 8.37. The summed E-state index contributed by atoms with van der Waals surface area (Å²) in [5, 5.41) is 9.34. The van der Waals surface area contributed by atoms with E-state index in [9.17, 15) is 22.8 Å². The van der Waals surface area contributed by atoms with E-state index in [2.05, 4.69) is 15.2 Å². The molecule has 162 valence electrons. The number of hydrogen-bond acceptors (Lipinski definition) is 4. The molecule has 1 saturated heterocycles. The number of benzene rings is 1. The third-order valence-electron chi connectivity index (χ3n) is 5.32. The molecule has 2 amide bonds. The van der Waals surface area contributed by atoms with Gasteiger partial charge >= 0.3 is 6.18 Å². The van der Waals surface area contributed by atoms with Crippen molar-refractivity contribution in [1.82, 2.24) is 25.4 Å². The van der Waals surface area contributed by atoms with Gasteiger partial charge in [0.05, 0.1) is 5.52 Å². The highest BCUT2D eigenvalue weighted by Crippen LogP contribution is 2.28. The Hall–Kier alpha value is -3.43. The first kappa shape index (κ1) is 20.8. The molecule has 1 aliphatic rings. The number of aromatic amines is 1. The van der Waals surface area contributed by atoms with Crippen molar-refractivity contribution in [2.45, 2.75) is 24.9 Å². The molecule has 4 rings (SSSR count). The zero-order valence-corrected chi connectivity index (χ0v) is 16.4. The van der Waals surface area contributed by atoms with Gasteiger partial charge < -0.3 is 10.2 Å². The molecule has 1 fully saturated rings. The number of halogens is 3. The Balaban J connectivity index is 1.35. The minimum atomic E-state index is -4.48. The van der Waals surface area contributed by atoms with E-state index >= 15 is 0 Å². The molecule has 0 bridgehead atoms. The van der Waals surface area contributed by atoms with Crippen molar-refractivity contribution in [1.29, 1.82) is 0 Å². The number of H-pyrrole nitrogens is 1. The number of likely N-dealkylation sites (tertiary alicyclic amines) is 1. The molecule has 31 heavy (non-hydrogen) atoms. The van der Waals surface area contributed by atoms with Gasteiger partial charge in [-0.2, -0.15) is 18.3 Å². The predicted octanol–water partition coefficient (Wildman–Crippen LogP) is 3.27. The van der Waals surface area contributed by atoms with E-state index in [0.717, 1.165) is 10.9 Å². The number of piperidine rings is 1. The van der Waals surface area contributed by atoms with Crippen molar-refractivity contribution in [3.63, 3.8) is 0 Å². The average molecular weight is 431 g/mol. The van der Waals surface area contributed by atoms with Crippen molar-refractivity contribution in [3.8, 4) is 0 Å². The van der Waals surface area contributed by atoms with Gasteiger partial charge in [0.15, 0.2) is 0 Å². The van der Waals surface area contributed by atoms with E-state index in [0.29, 0.717) is 37.3 Å². The molecule has 7 nitrogen and oxygen atoms in total. The fraction of sp³-hybridized carbons (Fsp3) is 0.333. The molecule has 0 radical (unpaired) electrons. The van der Waals surface area contributed by atoms with Crippen LogP contribution < -0.4 is 5.32 Å². The molecule has 0 aliphatic carbocycles. The number of alkyl halides is 3. The van der Waals surface area contributed by atoms with E-state index in [1.807, 2.05) is 30.3 Å². The summed E-state index contributed by atoms with van der Waals surface area (Å²) in [5.41, 5.74) is 1.74. The maximum atomic E-state index is 12.8. The predicted molar refractivity (Wildman–Crippen MR) is 107 cm³/mol. The van der Waals surface area contributed by atoms with Crippen LogP contribution in [0.15, 0.2) is 42.5 Å². The zero-order chi connectivity index (χ0) is 22.0. The van der Waals surface area contributed by atoms with Crippen molar-refractivity contribution < 1.29 is 22.8 Å². The maximum Gasteiger partial charge on any atom is 0.405 e. The molecule has 0 spiro atoms. The minimum Gasteiger partial charge on any atom is -0.342 e. The van der Waals surface area contributed by atoms with E-state index in [1.165, 1.54) is 6.07 Å². The van der Waals surface area contributed by atoms with Gasteiger partial charge in [-0.15, -0.1) is 0 Å². The number of para-hydroxylation sites is 1. The largest absolute Gasteiger partial charge is 0.405 e. The molecular formula is C21H20F3N5O2. The summed E-state index contributed by atoms with van der Waals surface area (Å²) in [4.78, 5) is 30.8. The summed E-state index contributed by atoms with van der Waals surface area (Å²) in [6, 6.07) is 12.6. The number of hydrogen-bond donors (Lipinski definition) is 2. The van der Waals surface area contributed by atoms with Crippen LogP contribution in [0.4, 0.5) is 13.2 Å². The van der Waals surface area contributed by atoms with Gasteiger partial charge in [-0.3, -0.25) is 14.7 Å². The van der Waals surface area contributed by atoms with Crippen LogP contribution in [0, 0.1) is 0 Å². The van der Waals surface area contributed by atoms with Crippen LogP contribution in [0.5, 0.6) is 0 Å². The summed E-state index contributed by atoms with van der Waals surface area (Å²) < 4.78 is 36.7. The molecule has 0 saturated carbocycles. The highest BCUT2D eigenvalue weighted by Gasteiger charge is 2.29. The first-order valence-electron chi connectivity index (χ1n) is 9.85. The van der Waals surface area contributed by atoms with Crippen LogP contribution in [0.2, 0.25) is 0 Å². The lowest BCUT2D eigenvalue weighted by Crippen LogP contribution is -2.38. The maximum absolute atomic E-state index is 12.8. The molecule has 3 heterocycles. The smallest absolute Gasteiger partial charge is 0.342 e. The van der Waals surface area contributed by atoms with E-state index in [-0.39, 0.29) is 17.5 Å². The summed E-state index contributed by atoms with van der Waals surface area (Å²) >= 11 is 0. The second-order valence-corrected chi connectivity index (χ2v) is 7.46. The Morgan fingerprint density at radius 3 is 2.58 bits per heavy atom. The van der Waals surface area contributed by atoms with Crippen LogP contribution in [0.1, 0.15) is 45.4 Å². The number of carbonyl (C=O) groups excluding carboxylic acids is 2. The molecule has 0 unspecified atom stereocenters. The van der Waals surface area contributed by atoms with E-state index in [1.54, 1.807) is 16.3 Å². The Bertz CT molecular complexity index is 1100. The van der Waals surface area contributed by atoms with Crippen molar-refractivity contribution in [2.24, 2.45) is 0 Å². The molecule has 2 aromatic heterocycles. The standard InChI is InChI=1S/C21H20F3N5O2/c22-21(23,24)12-25-19(30)18-11-17(27-28-18)14-7-9-29(10-8-14)20(31)16-6-5-13-3-1-2-4-15(13)26-16/h1-6,11,14H,7-10,12H2,(H,25,30)(H,27,28). The summed E-state index contributed by atoms with van der Waals surface area (Å²) in [7, 11) is 0. The Morgan fingerprint density at radius 2 is 1.84 bits per heavy atom. The number of nitrogens with zero attached hydrogens (tertiary/aromatic N) is 3. The summed E-state index contributed by atoms with van der Waals surface area (Å²) in [5.74, 6) is -0.985. The number of pyridine rings is 1. The summed E-state index contributed by atoms with van der Waals surface area (Å²) in [6.07, 6.45) is -3.19. The Labute approximate surface area is 175 Å². The van der Waals surface area contributed by atoms with Gasteiger partial charge in [0, 0.05) is 30.1 Å². The monoisotopic (exact) mass is 431 g/mol. The number of aromatic nitrogens is 3. The first-order chi connectivity index (χ1) is 14.8. The second-order valence-electron chi connectivity index (χ2n) is 7.46. The molecule has 3 aromatic rings. The molecule has 10 heteroatoms. The minimum absolute atomic E-state index is 0.0327. The van der Waals surface area contributed by atoms with Crippen LogP contribution >= 0.6 is 0 Å². The molecular weight excluding hydrogens is 411 g/mol. The van der Waals surface area contributed by atoms with E-state index in [4.69, 9.17) is 0 Å². The molecule has 0 atom stereocenters. The third kappa shape index (κ3) is 4.84. The van der Waals surface area contributed by atoms with Gasteiger partial charge in [0.2, 0.25) is 0 Å². The average Bonchev–Trinajstić information content (AvgIpc) is 3.27. The zero-order valence-electron chi connectivity index (χ0n) is 16.4. The number of nitrogens with one attached hydrogen (secondary N) is 2. The van der Waals surface area contributed by atoms with Crippen LogP contribution in [0.25, 0.3) is 10.9 Å². The highest BCUT2D eigenvalue weighted by molar-refractivity contribution is 5.95. The van der Waals surface area contributed by atoms with E-state index < -0.39 is 18.6 Å². The molecule has 1 aromatic carbocycles. The van der Waals surface area contributed by atoms with Gasteiger partial charge in [0.25, 0.3) is 11.8 Å². The number of rotatable bonds is 4. The quantitative estimate of drug-likeness (QED) is 0.663. The fourth-order valence-corrected chi connectivity index (χ4v) is 3.67. The van der Waals surface area contributed by atoms with Crippen molar-refractivity contribution >= 4 is 22.7 Å². The number of amides is 2. The summed E-state index contributed by atoms with van der Waals surface area (Å²) in [6.45, 7) is -0.392. The fourth-order valence-electron chi connectivity index (χ4n) is 3.67. The molecule has 2 N–H and O–H groups in total. The Morgan fingerprint density at radius 1 is 1.10 bits per heavy atom. The first-order valence-corrected chi connectivity index (χ1v) is 9.85. The lowest BCUT2D eigenvalue weighted by atomic mass is 9.93. The number of carbonyl (C=O) groups is 2. The van der Waals surface area contributed by atoms with Crippen LogP contribution in [-0.2, 0) is 0 Å². The topological polar surface area (TPSA) is 91.0 Å². The number of fused-ring (bicyclic) bond motifs is 1. The normalized spacial score (nSPS) is 15.3. The lowest BCUT2D eigenvalue weighted by molar-refractivity contribution is -0.123.